The average Bonchev–Trinajstić information content (AvgIpc) is 2.33. The van der Waals surface area contributed by atoms with E-state index in [1.165, 1.54) is 0 Å². The van der Waals surface area contributed by atoms with Crippen LogP contribution in [-0.4, -0.2) is 42.1 Å². The molecular formula is C14H26N4. The van der Waals surface area contributed by atoms with Gasteiger partial charge in [-0.25, -0.2) is 9.97 Å². The van der Waals surface area contributed by atoms with Crippen LogP contribution in [-0.2, 0) is 6.42 Å². The fourth-order valence-corrected chi connectivity index (χ4v) is 1.59. The topological polar surface area (TPSA) is 41.1 Å². The molecule has 1 aromatic heterocycles. The third-order valence-corrected chi connectivity index (χ3v) is 2.72. The highest BCUT2D eigenvalue weighted by atomic mass is 15.1. The maximum absolute atomic E-state index is 4.64. The summed E-state index contributed by atoms with van der Waals surface area (Å²) in [5.74, 6) is 2.34. The van der Waals surface area contributed by atoms with Crippen LogP contribution >= 0.6 is 0 Å². The standard InChI is InChI=1S/C14H26N4/c1-6-8-15-14-10-12(11(2)3)16-13(17-14)7-9-18(4)5/h10-11H,6-9H2,1-5H3,(H,15,16,17). The van der Waals surface area contributed by atoms with Gasteiger partial charge in [-0.15, -0.1) is 0 Å². The quantitative estimate of drug-likeness (QED) is 0.807. The van der Waals surface area contributed by atoms with Crippen molar-refractivity contribution in [2.45, 2.75) is 39.5 Å². The molecule has 102 valence electrons. The Kier molecular flexibility index (Phi) is 6.05. The summed E-state index contributed by atoms with van der Waals surface area (Å²) in [6.07, 6.45) is 2.00. The number of hydrogen-bond donors (Lipinski definition) is 1. The van der Waals surface area contributed by atoms with Crippen molar-refractivity contribution >= 4 is 5.82 Å². The van der Waals surface area contributed by atoms with Crippen molar-refractivity contribution in [1.29, 1.82) is 0 Å². The van der Waals surface area contributed by atoms with E-state index in [2.05, 4.69) is 61.1 Å². The fraction of sp³-hybridized carbons (Fsp3) is 0.714. The summed E-state index contributed by atoms with van der Waals surface area (Å²) in [7, 11) is 4.14. The van der Waals surface area contributed by atoms with E-state index in [4.69, 9.17) is 0 Å². The van der Waals surface area contributed by atoms with Gasteiger partial charge in [-0.3, -0.25) is 0 Å². The van der Waals surface area contributed by atoms with Crippen molar-refractivity contribution in [2.24, 2.45) is 0 Å². The number of likely N-dealkylation sites (N-methyl/N-ethyl adjacent to an activating group) is 1. The molecule has 0 saturated heterocycles. The molecule has 1 N–H and O–H groups in total. The average molecular weight is 250 g/mol. The second kappa shape index (κ2) is 7.31. The van der Waals surface area contributed by atoms with Crippen LogP contribution in [0.4, 0.5) is 5.82 Å². The summed E-state index contributed by atoms with van der Waals surface area (Å²) >= 11 is 0. The van der Waals surface area contributed by atoms with Crippen LogP contribution in [0.15, 0.2) is 6.07 Å². The largest absolute Gasteiger partial charge is 0.370 e. The summed E-state index contributed by atoms with van der Waals surface area (Å²) < 4.78 is 0. The molecule has 1 heterocycles. The smallest absolute Gasteiger partial charge is 0.132 e. The van der Waals surface area contributed by atoms with Gasteiger partial charge in [0.1, 0.15) is 11.6 Å². The minimum atomic E-state index is 0.438. The van der Waals surface area contributed by atoms with Crippen LogP contribution in [0.3, 0.4) is 0 Å². The molecule has 0 aliphatic rings. The van der Waals surface area contributed by atoms with Crippen molar-refractivity contribution in [3.05, 3.63) is 17.6 Å². The molecule has 1 aromatic rings. The van der Waals surface area contributed by atoms with Gasteiger partial charge in [0.15, 0.2) is 0 Å². The van der Waals surface area contributed by atoms with E-state index >= 15 is 0 Å². The van der Waals surface area contributed by atoms with Crippen LogP contribution in [0.25, 0.3) is 0 Å². The van der Waals surface area contributed by atoms with Gasteiger partial charge in [0.05, 0.1) is 0 Å². The molecule has 0 fully saturated rings. The highest BCUT2D eigenvalue weighted by Crippen LogP contribution is 2.16. The van der Waals surface area contributed by atoms with Crippen LogP contribution in [0, 0.1) is 0 Å². The molecule has 0 aromatic carbocycles. The summed E-state index contributed by atoms with van der Waals surface area (Å²) in [5, 5.41) is 3.35. The lowest BCUT2D eigenvalue weighted by Crippen LogP contribution is -2.17. The van der Waals surface area contributed by atoms with Gasteiger partial charge in [0.25, 0.3) is 0 Å². The Hall–Kier alpha value is -1.16. The monoisotopic (exact) mass is 250 g/mol. The molecule has 4 nitrogen and oxygen atoms in total. The first kappa shape index (κ1) is 14.9. The Morgan fingerprint density at radius 3 is 2.56 bits per heavy atom. The van der Waals surface area contributed by atoms with Crippen LogP contribution in [0.2, 0.25) is 0 Å². The van der Waals surface area contributed by atoms with E-state index in [0.29, 0.717) is 5.92 Å². The van der Waals surface area contributed by atoms with E-state index in [1.807, 2.05) is 0 Å². The number of hydrogen-bond acceptors (Lipinski definition) is 4. The minimum absolute atomic E-state index is 0.438. The molecule has 0 spiro atoms. The molecule has 0 radical (unpaired) electrons. The van der Waals surface area contributed by atoms with E-state index in [0.717, 1.165) is 43.3 Å². The molecule has 1 rings (SSSR count). The number of anilines is 1. The van der Waals surface area contributed by atoms with Crippen LogP contribution < -0.4 is 5.32 Å². The minimum Gasteiger partial charge on any atom is -0.370 e. The Morgan fingerprint density at radius 1 is 1.28 bits per heavy atom. The second-order valence-electron chi connectivity index (χ2n) is 5.23. The van der Waals surface area contributed by atoms with Gasteiger partial charge in [-0.05, 0) is 26.4 Å². The molecule has 0 amide bonds. The zero-order valence-corrected chi connectivity index (χ0v) is 12.3. The highest BCUT2D eigenvalue weighted by Gasteiger charge is 2.07. The van der Waals surface area contributed by atoms with Crippen molar-refractivity contribution in [2.75, 3.05) is 32.5 Å². The third kappa shape index (κ3) is 5.00. The first-order chi connectivity index (χ1) is 8.52. The van der Waals surface area contributed by atoms with Crippen molar-refractivity contribution in [3.8, 4) is 0 Å². The highest BCUT2D eigenvalue weighted by molar-refractivity contribution is 5.36. The van der Waals surface area contributed by atoms with Gasteiger partial charge in [0.2, 0.25) is 0 Å². The summed E-state index contributed by atoms with van der Waals surface area (Å²) in [6.45, 7) is 8.43. The molecule has 18 heavy (non-hydrogen) atoms. The lowest BCUT2D eigenvalue weighted by Gasteiger charge is -2.13. The Balaban J connectivity index is 2.83. The van der Waals surface area contributed by atoms with Crippen molar-refractivity contribution < 1.29 is 0 Å². The van der Waals surface area contributed by atoms with Gasteiger partial charge < -0.3 is 10.2 Å². The lowest BCUT2D eigenvalue weighted by molar-refractivity contribution is 0.409. The van der Waals surface area contributed by atoms with Crippen molar-refractivity contribution in [3.63, 3.8) is 0 Å². The SMILES string of the molecule is CCCNc1cc(C(C)C)nc(CCN(C)C)n1. The van der Waals surface area contributed by atoms with Crippen LogP contribution in [0.1, 0.15) is 44.6 Å². The third-order valence-electron chi connectivity index (χ3n) is 2.72. The molecule has 0 aliphatic carbocycles. The molecular weight excluding hydrogens is 224 g/mol. The number of rotatable bonds is 7. The van der Waals surface area contributed by atoms with Crippen LogP contribution in [0.5, 0.6) is 0 Å². The summed E-state index contributed by atoms with van der Waals surface area (Å²) in [6, 6.07) is 2.07. The molecule has 0 saturated carbocycles. The molecule has 0 aliphatic heterocycles. The van der Waals surface area contributed by atoms with E-state index in [9.17, 15) is 0 Å². The first-order valence-electron chi connectivity index (χ1n) is 6.79. The Bertz CT molecular complexity index is 361. The fourth-order valence-electron chi connectivity index (χ4n) is 1.59. The molecule has 0 atom stereocenters. The predicted molar refractivity (Wildman–Crippen MR) is 77.2 cm³/mol. The summed E-state index contributed by atoms with van der Waals surface area (Å²) in [5.41, 5.74) is 1.12. The zero-order chi connectivity index (χ0) is 13.5. The Morgan fingerprint density at radius 2 is 2.00 bits per heavy atom. The van der Waals surface area contributed by atoms with Gasteiger partial charge in [-0.2, -0.15) is 0 Å². The number of nitrogens with one attached hydrogen (secondary N) is 1. The maximum atomic E-state index is 4.64. The Labute approximate surface area is 111 Å². The van der Waals surface area contributed by atoms with Gasteiger partial charge >= 0.3 is 0 Å². The number of aromatic nitrogens is 2. The number of nitrogens with zero attached hydrogens (tertiary/aromatic N) is 3. The maximum Gasteiger partial charge on any atom is 0.132 e. The predicted octanol–water partition coefficient (Wildman–Crippen LogP) is 2.53. The molecule has 0 bridgehead atoms. The molecule has 4 heteroatoms. The van der Waals surface area contributed by atoms with Crippen molar-refractivity contribution in [1.82, 2.24) is 14.9 Å². The normalized spacial score (nSPS) is 11.3. The van der Waals surface area contributed by atoms with Gasteiger partial charge in [0, 0.05) is 31.3 Å². The first-order valence-corrected chi connectivity index (χ1v) is 6.79. The second-order valence-corrected chi connectivity index (χ2v) is 5.23. The molecule has 0 unspecified atom stereocenters. The van der Waals surface area contributed by atoms with Gasteiger partial charge in [-0.1, -0.05) is 20.8 Å². The summed E-state index contributed by atoms with van der Waals surface area (Å²) in [4.78, 5) is 11.4. The lowest BCUT2D eigenvalue weighted by atomic mass is 10.1. The zero-order valence-electron chi connectivity index (χ0n) is 12.3. The van der Waals surface area contributed by atoms with E-state index in [-0.39, 0.29) is 0 Å². The van der Waals surface area contributed by atoms with E-state index < -0.39 is 0 Å². The van der Waals surface area contributed by atoms with E-state index in [1.54, 1.807) is 0 Å².